The number of rotatable bonds is 4. The number of anilines is 1. The molecule has 1 atom stereocenters. The summed E-state index contributed by atoms with van der Waals surface area (Å²) in [6, 6.07) is 8.27. The van der Waals surface area contributed by atoms with E-state index in [0.717, 1.165) is 12.2 Å². The molecule has 0 aliphatic carbocycles. The van der Waals surface area contributed by atoms with Gasteiger partial charge in [0.05, 0.1) is 0 Å². The Morgan fingerprint density at radius 3 is 2.65 bits per heavy atom. The fourth-order valence-corrected chi connectivity index (χ4v) is 2.71. The molecule has 1 heterocycles. The van der Waals surface area contributed by atoms with Crippen LogP contribution in [0.25, 0.3) is 0 Å². The third-order valence-electron chi connectivity index (χ3n) is 4.01. The molecule has 2 rings (SSSR count). The zero-order valence-corrected chi connectivity index (χ0v) is 12.5. The highest BCUT2D eigenvalue weighted by molar-refractivity contribution is 5.94. The van der Waals surface area contributed by atoms with E-state index in [2.05, 4.69) is 22.5 Å². The van der Waals surface area contributed by atoms with E-state index >= 15 is 0 Å². The molecule has 0 saturated carbocycles. The summed E-state index contributed by atoms with van der Waals surface area (Å²) in [5.74, 6) is -0.0374. The Morgan fingerprint density at radius 2 is 2.00 bits per heavy atom. The van der Waals surface area contributed by atoms with Crippen LogP contribution in [0.5, 0.6) is 0 Å². The lowest BCUT2D eigenvalue weighted by molar-refractivity contribution is 0.0963. The minimum atomic E-state index is -0.0374. The molecule has 1 fully saturated rings. The second kappa shape index (κ2) is 7.29. The van der Waals surface area contributed by atoms with Crippen molar-refractivity contribution >= 4 is 11.6 Å². The maximum absolute atomic E-state index is 11.5. The van der Waals surface area contributed by atoms with Crippen molar-refractivity contribution in [1.82, 2.24) is 10.2 Å². The molecule has 1 aliphatic heterocycles. The van der Waals surface area contributed by atoms with Gasteiger partial charge >= 0.3 is 0 Å². The van der Waals surface area contributed by atoms with Gasteiger partial charge < -0.3 is 15.5 Å². The van der Waals surface area contributed by atoms with Gasteiger partial charge in [0.2, 0.25) is 0 Å². The van der Waals surface area contributed by atoms with Gasteiger partial charge in [0, 0.05) is 30.9 Å². The van der Waals surface area contributed by atoms with Crippen LogP contribution in [-0.2, 0) is 0 Å². The van der Waals surface area contributed by atoms with Crippen LogP contribution in [0.3, 0.4) is 0 Å². The molecule has 1 unspecified atom stereocenters. The van der Waals surface area contributed by atoms with Gasteiger partial charge in [-0.2, -0.15) is 0 Å². The van der Waals surface area contributed by atoms with Gasteiger partial charge in [0.25, 0.3) is 5.91 Å². The van der Waals surface area contributed by atoms with Crippen molar-refractivity contribution in [2.45, 2.75) is 32.2 Å². The summed E-state index contributed by atoms with van der Waals surface area (Å²) in [6.07, 6.45) is 3.65. The molecule has 1 aliphatic rings. The van der Waals surface area contributed by atoms with Gasteiger partial charge in [-0.1, -0.05) is 6.92 Å². The first-order chi connectivity index (χ1) is 9.72. The predicted molar refractivity (Wildman–Crippen MR) is 83.2 cm³/mol. The van der Waals surface area contributed by atoms with Crippen molar-refractivity contribution in [3.8, 4) is 0 Å². The molecule has 1 saturated heterocycles. The minimum absolute atomic E-state index is 0.0374. The summed E-state index contributed by atoms with van der Waals surface area (Å²) in [5, 5.41) is 6.23. The molecule has 0 bridgehead atoms. The smallest absolute Gasteiger partial charge is 0.251 e. The van der Waals surface area contributed by atoms with Crippen molar-refractivity contribution in [3.05, 3.63) is 29.8 Å². The molecule has 2 N–H and O–H groups in total. The maximum Gasteiger partial charge on any atom is 0.251 e. The first-order valence-electron chi connectivity index (χ1n) is 7.54. The second-order valence-corrected chi connectivity index (χ2v) is 5.36. The molecule has 0 aromatic heterocycles. The molecule has 110 valence electrons. The van der Waals surface area contributed by atoms with Crippen LogP contribution in [0, 0.1) is 0 Å². The van der Waals surface area contributed by atoms with Crippen LogP contribution >= 0.6 is 0 Å². The summed E-state index contributed by atoms with van der Waals surface area (Å²) in [6.45, 7) is 5.76. The van der Waals surface area contributed by atoms with E-state index in [9.17, 15) is 4.79 Å². The van der Waals surface area contributed by atoms with Crippen molar-refractivity contribution < 1.29 is 4.79 Å². The molecule has 1 aromatic carbocycles. The van der Waals surface area contributed by atoms with Crippen LogP contribution in [0.1, 0.15) is 36.5 Å². The van der Waals surface area contributed by atoms with Crippen LogP contribution in [0.15, 0.2) is 24.3 Å². The monoisotopic (exact) mass is 275 g/mol. The van der Waals surface area contributed by atoms with Gasteiger partial charge in [-0.3, -0.25) is 4.79 Å². The summed E-state index contributed by atoms with van der Waals surface area (Å²) >= 11 is 0. The number of hydrogen-bond acceptors (Lipinski definition) is 3. The summed E-state index contributed by atoms with van der Waals surface area (Å²) in [7, 11) is 1.65. The van der Waals surface area contributed by atoms with Crippen molar-refractivity contribution in [2.24, 2.45) is 0 Å². The Balaban J connectivity index is 1.91. The average Bonchev–Trinajstić information content (AvgIpc) is 2.72. The zero-order chi connectivity index (χ0) is 14.4. The largest absolute Gasteiger partial charge is 0.382 e. The molecule has 1 amide bonds. The van der Waals surface area contributed by atoms with Gasteiger partial charge in [0.15, 0.2) is 0 Å². The molecule has 1 aromatic rings. The Labute approximate surface area is 121 Å². The molecule has 0 radical (unpaired) electrons. The van der Waals surface area contributed by atoms with Crippen LogP contribution < -0.4 is 10.6 Å². The lowest BCUT2D eigenvalue weighted by atomic mass is 10.1. The first kappa shape index (κ1) is 14.9. The van der Waals surface area contributed by atoms with Crippen molar-refractivity contribution in [1.29, 1.82) is 0 Å². The number of benzene rings is 1. The fourth-order valence-electron chi connectivity index (χ4n) is 2.71. The molecule has 4 nitrogen and oxygen atoms in total. The molecular weight excluding hydrogens is 250 g/mol. The number of hydrogen-bond donors (Lipinski definition) is 2. The van der Waals surface area contributed by atoms with Crippen LogP contribution in [-0.4, -0.2) is 43.5 Å². The normalized spacial score (nSPS) is 20.2. The standard InChI is InChI=1S/C16H25N3O/c1-3-19-11-4-5-14(10-12-19)18-15-8-6-13(7-9-15)16(20)17-2/h6-9,14,18H,3-5,10-12H2,1-2H3,(H,17,20). The third kappa shape index (κ3) is 3.97. The van der Waals surface area contributed by atoms with E-state index in [1.165, 1.54) is 32.4 Å². The quantitative estimate of drug-likeness (QED) is 0.886. The molecule has 0 spiro atoms. The van der Waals surface area contributed by atoms with Crippen LogP contribution in [0.2, 0.25) is 0 Å². The van der Waals surface area contributed by atoms with Crippen LogP contribution in [0.4, 0.5) is 5.69 Å². The SMILES string of the molecule is CCN1CCCC(Nc2ccc(C(=O)NC)cc2)CC1. The van der Waals surface area contributed by atoms with Gasteiger partial charge in [-0.05, 0) is 56.6 Å². The lowest BCUT2D eigenvalue weighted by Crippen LogP contribution is -2.26. The molecule has 20 heavy (non-hydrogen) atoms. The number of nitrogens with one attached hydrogen (secondary N) is 2. The van der Waals surface area contributed by atoms with Gasteiger partial charge in [-0.15, -0.1) is 0 Å². The second-order valence-electron chi connectivity index (χ2n) is 5.36. The van der Waals surface area contributed by atoms with E-state index in [1.807, 2.05) is 24.3 Å². The Morgan fingerprint density at radius 1 is 1.25 bits per heavy atom. The summed E-state index contributed by atoms with van der Waals surface area (Å²) in [4.78, 5) is 14.0. The highest BCUT2D eigenvalue weighted by Gasteiger charge is 2.15. The van der Waals surface area contributed by atoms with E-state index in [-0.39, 0.29) is 5.91 Å². The topological polar surface area (TPSA) is 44.4 Å². The number of nitrogens with zero attached hydrogens (tertiary/aromatic N) is 1. The van der Waals surface area contributed by atoms with E-state index in [4.69, 9.17) is 0 Å². The predicted octanol–water partition coefficient (Wildman–Crippen LogP) is 2.33. The molecular formula is C16H25N3O. The highest BCUT2D eigenvalue weighted by Crippen LogP contribution is 2.17. The summed E-state index contributed by atoms with van der Waals surface area (Å²) < 4.78 is 0. The lowest BCUT2D eigenvalue weighted by Gasteiger charge is -2.19. The van der Waals surface area contributed by atoms with Gasteiger partial charge in [0.1, 0.15) is 0 Å². The maximum atomic E-state index is 11.5. The Kier molecular flexibility index (Phi) is 5.41. The minimum Gasteiger partial charge on any atom is -0.382 e. The number of likely N-dealkylation sites (tertiary alicyclic amines) is 1. The van der Waals surface area contributed by atoms with Crippen molar-refractivity contribution in [2.75, 3.05) is 32.0 Å². The summed E-state index contributed by atoms with van der Waals surface area (Å²) in [5.41, 5.74) is 1.81. The van der Waals surface area contributed by atoms with E-state index in [1.54, 1.807) is 7.05 Å². The Hall–Kier alpha value is -1.55. The average molecular weight is 275 g/mol. The first-order valence-corrected chi connectivity index (χ1v) is 7.54. The van der Waals surface area contributed by atoms with E-state index in [0.29, 0.717) is 11.6 Å². The van der Waals surface area contributed by atoms with E-state index < -0.39 is 0 Å². The zero-order valence-electron chi connectivity index (χ0n) is 12.5. The van der Waals surface area contributed by atoms with Gasteiger partial charge in [-0.25, -0.2) is 0 Å². The highest BCUT2D eigenvalue weighted by atomic mass is 16.1. The Bertz CT molecular complexity index is 430. The molecule has 4 heteroatoms. The number of amides is 1. The fraction of sp³-hybridized carbons (Fsp3) is 0.562. The number of carbonyl (C=O) groups is 1. The third-order valence-corrected chi connectivity index (χ3v) is 4.01. The van der Waals surface area contributed by atoms with Crippen molar-refractivity contribution in [3.63, 3.8) is 0 Å². The number of carbonyl (C=O) groups excluding carboxylic acids is 1.